The van der Waals surface area contributed by atoms with Crippen LogP contribution in [-0.4, -0.2) is 31.2 Å². The minimum atomic E-state index is -0.690. The van der Waals surface area contributed by atoms with Gasteiger partial charge in [-0.05, 0) is 30.3 Å². The first kappa shape index (κ1) is 14.9. The van der Waals surface area contributed by atoms with Gasteiger partial charge in [-0.2, -0.15) is 4.39 Å². The van der Waals surface area contributed by atoms with Crippen molar-refractivity contribution < 1.29 is 18.7 Å². The molecule has 0 aliphatic heterocycles. The molecule has 110 valence electrons. The van der Waals surface area contributed by atoms with E-state index in [4.69, 9.17) is 9.47 Å². The van der Waals surface area contributed by atoms with E-state index in [1.165, 1.54) is 12.3 Å². The molecular formula is C15H15FN2O3. The molecule has 0 saturated carbocycles. The Balaban J connectivity index is 1.95. The van der Waals surface area contributed by atoms with Crippen LogP contribution in [0.4, 0.5) is 10.1 Å². The van der Waals surface area contributed by atoms with Gasteiger partial charge in [0.05, 0.1) is 6.61 Å². The molecule has 0 aliphatic rings. The van der Waals surface area contributed by atoms with Crippen molar-refractivity contribution in [2.75, 3.05) is 25.6 Å². The van der Waals surface area contributed by atoms with Crippen LogP contribution in [0.5, 0.6) is 5.75 Å². The van der Waals surface area contributed by atoms with Gasteiger partial charge in [0.1, 0.15) is 12.4 Å². The van der Waals surface area contributed by atoms with Crippen molar-refractivity contribution in [2.24, 2.45) is 0 Å². The third kappa shape index (κ3) is 4.54. The summed E-state index contributed by atoms with van der Waals surface area (Å²) in [6, 6.07) is 9.41. The van der Waals surface area contributed by atoms with Gasteiger partial charge in [0.15, 0.2) is 0 Å². The number of hydrogen-bond acceptors (Lipinski definition) is 4. The lowest BCUT2D eigenvalue weighted by Crippen LogP contribution is -2.12. The Morgan fingerprint density at radius 2 is 2.00 bits per heavy atom. The molecule has 0 bridgehead atoms. The summed E-state index contributed by atoms with van der Waals surface area (Å²) in [5.41, 5.74) is 0.805. The number of carbonyl (C=O) groups excluding carboxylic acids is 1. The Hall–Kier alpha value is -2.47. The van der Waals surface area contributed by atoms with E-state index < -0.39 is 11.9 Å². The van der Waals surface area contributed by atoms with Gasteiger partial charge in [0.25, 0.3) is 5.91 Å². The number of ether oxygens (including phenoxy) is 2. The molecule has 1 heterocycles. The van der Waals surface area contributed by atoms with Crippen molar-refractivity contribution in [3.63, 3.8) is 0 Å². The minimum absolute atomic E-state index is 0.211. The number of aromatic nitrogens is 1. The molecule has 21 heavy (non-hydrogen) atoms. The quantitative estimate of drug-likeness (QED) is 0.656. The van der Waals surface area contributed by atoms with Gasteiger partial charge < -0.3 is 14.8 Å². The van der Waals surface area contributed by atoms with E-state index in [0.717, 1.165) is 6.07 Å². The lowest BCUT2D eigenvalue weighted by molar-refractivity contribution is 0.102. The van der Waals surface area contributed by atoms with Gasteiger partial charge >= 0.3 is 0 Å². The lowest BCUT2D eigenvalue weighted by Gasteiger charge is -2.08. The molecule has 1 amide bonds. The van der Waals surface area contributed by atoms with Crippen LogP contribution in [0.15, 0.2) is 42.6 Å². The average Bonchev–Trinajstić information content (AvgIpc) is 2.49. The molecule has 6 heteroatoms. The number of methoxy groups -OCH3 is 1. The number of carbonyl (C=O) groups is 1. The van der Waals surface area contributed by atoms with Gasteiger partial charge in [-0.3, -0.25) is 4.79 Å². The van der Waals surface area contributed by atoms with Crippen LogP contribution < -0.4 is 10.1 Å². The Labute approximate surface area is 121 Å². The summed E-state index contributed by atoms with van der Waals surface area (Å²) in [5.74, 6) is -0.408. The fourth-order valence-corrected chi connectivity index (χ4v) is 1.62. The van der Waals surface area contributed by atoms with E-state index in [1.54, 1.807) is 31.4 Å². The van der Waals surface area contributed by atoms with E-state index in [2.05, 4.69) is 10.3 Å². The smallest absolute Gasteiger partial charge is 0.255 e. The summed E-state index contributed by atoms with van der Waals surface area (Å²) < 4.78 is 23.2. The number of anilines is 1. The predicted octanol–water partition coefficient (Wildman–Crippen LogP) is 2.50. The minimum Gasteiger partial charge on any atom is -0.491 e. The van der Waals surface area contributed by atoms with Gasteiger partial charge in [0, 0.05) is 30.6 Å². The molecule has 0 unspecified atom stereocenters. The van der Waals surface area contributed by atoms with Crippen LogP contribution in [0.3, 0.4) is 0 Å². The summed E-state index contributed by atoms with van der Waals surface area (Å²) in [7, 11) is 1.60. The number of hydrogen-bond donors (Lipinski definition) is 1. The van der Waals surface area contributed by atoms with Crippen LogP contribution in [0, 0.1) is 5.95 Å². The molecular weight excluding hydrogens is 275 g/mol. The third-order valence-electron chi connectivity index (χ3n) is 2.66. The molecule has 0 fully saturated rings. The van der Waals surface area contributed by atoms with E-state index in [0.29, 0.717) is 24.7 Å². The SMILES string of the molecule is COCCOc1ccc(NC(=O)c2ccnc(F)c2)cc1. The third-order valence-corrected chi connectivity index (χ3v) is 2.66. The summed E-state index contributed by atoms with van der Waals surface area (Å²) >= 11 is 0. The molecule has 1 aromatic carbocycles. The fourth-order valence-electron chi connectivity index (χ4n) is 1.62. The Kier molecular flexibility index (Phi) is 5.22. The van der Waals surface area contributed by atoms with Gasteiger partial charge in [0.2, 0.25) is 5.95 Å². The zero-order valence-corrected chi connectivity index (χ0v) is 11.5. The second kappa shape index (κ2) is 7.35. The highest BCUT2D eigenvalue weighted by Crippen LogP contribution is 2.16. The molecule has 5 nitrogen and oxygen atoms in total. The molecule has 0 spiro atoms. The first-order chi connectivity index (χ1) is 10.2. The van der Waals surface area contributed by atoms with Crippen molar-refractivity contribution in [2.45, 2.75) is 0 Å². The molecule has 1 N–H and O–H groups in total. The second-order valence-electron chi connectivity index (χ2n) is 4.19. The maximum atomic E-state index is 12.9. The average molecular weight is 290 g/mol. The number of nitrogens with zero attached hydrogens (tertiary/aromatic N) is 1. The van der Waals surface area contributed by atoms with Crippen molar-refractivity contribution in [1.82, 2.24) is 4.98 Å². The molecule has 2 rings (SSSR count). The van der Waals surface area contributed by atoms with Crippen LogP contribution >= 0.6 is 0 Å². The maximum Gasteiger partial charge on any atom is 0.255 e. The van der Waals surface area contributed by atoms with Crippen LogP contribution in [-0.2, 0) is 4.74 Å². The van der Waals surface area contributed by atoms with E-state index in [9.17, 15) is 9.18 Å². The van der Waals surface area contributed by atoms with E-state index in [-0.39, 0.29) is 5.56 Å². The van der Waals surface area contributed by atoms with Gasteiger partial charge in [-0.15, -0.1) is 0 Å². The molecule has 0 radical (unpaired) electrons. The van der Waals surface area contributed by atoms with Crippen LogP contribution in [0.25, 0.3) is 0 Å². The van der Waals surface area contributed by atoms with Crippen LogP contribution in [0.1, 0.15) is 10.4 Å². The topological polar surface area (TPSA) is 60.5 Å². The standard InChI is InChI=1S/C15H15FN2O3/c1-20-8-9-21-13-4-2-12(3-5-13)18-15(19)11-6-7-17-14(16)10-11/h2-7,10H,8-9H2,1H3,(H,18,19). The molecule has 0 aliphatic carbocycles. The number of rotatable bonds is 6. The first-order valence-corrected chi connectivity index (χ1v) is 6.34. The van der Waals surface area contributed by atoms with Crippen molar-refractivity contribution >= 4 is 11.6 Å². The number of benzene rings is 1. The molecule has 2 aromatic rings. The van der Waals surface area contributed by atoms with E-state index in [1.807, 2.05) is 0 Å². The summed E-state index contributed by atoms with van der Waals surface area (Å²) in [6.07, 6.45) is 1.25. The monoisotopic (exact) mass is 290 g/mol. The highest BCUT2D eigenvalue weighted by molar-refractivity contribution is 6.04. The maximum absolute atomic E-state index is 12.9. The Morgan fingerprint density at radius 1 is 1.24 bits per heavy atom. The predicted molar refractivity (Wildman–Crippen MR) is 76.0 cm³/mol. The van der Waals surface area contributed by atoms with Crippen molar-refractivity contribution in [3.05, 3.63) is 54.1 Å². The Bertz CT molecular complexity index is 602. The summed E-state index contributed by atoms with van der Waals surface area (Å²) in [4.78, 5) is 15.3. The zero-order chi connectivity index (χ0) is 15.1. The fraction of sp³-hybridized carbons (Fsp3) is 0.200. The van der Waals surface area contributed by atoms with Crippen molar-refractivity contribution in [1.29, 1.82) is 0 Å². The molecule has 1 aromatic heterocycles. The van der Waals surface area contributed by atoms with Crippen molar-refractivity contribution in [3.8, 4) is 5.75 Å². The summed E-state index contributed by atoms with van der Waals surface area (Å²) in [6.45, 7) is 0.963. The Morgan fingerprint density at radius 3 is 2.67 bits per heavy atom. The molecule has 0 atom stereocenters. The first-order valence-electron chi connectivity index (χ1n) is 6.34. The number of pyridine rings is 1. The highest BCUT2D eigenvalue weighted by Gasteiger charge is 2.07. The largest absolute Gasteiger partial charge is 0.491 e. The van der Waals surface area contributed by atoms with Gasteiger partial charge in [-0.1, -0.05) is 0 Å². The molecule has 0 saturated heterocycles. The number of halogens is 1. The van der Waals surface area contributed by atoms with Gasteiger partial charge in [-0.25, -0.2) is 4.98 Å². The van der Waals surface area contributed by atoms with Crippen LogP contribution in [0.2, 0.25) is 0 Å². The highest BCUT2D eigenvalue weighted by atomic mass is 19.1. The summed E-state index contributed by atoms with van der Waals surface area (Å²) in [5, 5.41) is 2.67. The number of nitrogens with one attached hydrogen (secondary N) is 1. The zero-order valence-electron chi connectivity index (χ0n) is 11.5. The lowest BCUT2D eigenvalue weighted by atomic mass is 10.2. The number of amides is 1. The normalized spacial score (nSPS) is 10.2. The second-order valence-corrected chi connectivity index (χ2v) is 4.19. The van der Waals surface area contributed by atoms with E-state index >= 15 is 0 Å².